The van der Waals surface area contributed by atoms with E-state index in [4.69, 9.17) is 9.97 Å². The van der Waals surface area contributed by atoms with Crippen LogP contribution in [0, 0.1) is 0 Å². The minimum Gasteiger partial charge on any atom is -0.256 e. The summed E-state index contributed by atoms with van der Waals surface area (Å²) in [6.07, 6.45) is 9.22. The quantitative estimate of drug-likeness (QED) is 0.165. The third-order valence-corrected chi connectivity index (χ3v) is 10.8. The fraction of sp³-hybridized carbons (Fsp3) is 0.0385. The minimum atomic E-state index is 0.112. The Kier molecular flexibility index (Phi) is 8.62. The van der Waals surface area contributed by atoms with E-state index >= 15 is 0 Å². The fourth-order valence-corrected chi connectivity index (χ4v) is 7.98. The molecule has 0 aliphatic heterocycles. The molecule has 1 aliphatic carbocycles. The van der Waals surface area contributed by atoms with Gasteiger partial charge in [0.1, 0.15) is 0 Å². The van der Waals surface area contributed by atoms with Gasteiger partial charge in [-0.25, -0.2) is 9.97 Å². The van der Waals surface area contributed by atoms with E-state index < -0.39 is 0 Å². The minimum absolute atomic E-state index is 0.112. The van der Waals surface area contributed by atoms with Crippen LogP contribution in [-0.4, -0.2) is 19.9 Å². The maximum Gasteiger partial charge on any atom is 0.160 e. The molecule has 6 aromatic carbocycles. The molecule has 0 amide bonds. The molecule has 1 aliphatic rings. The van der Waals surface area contributed by atoms with Crippen LogP contribution in [0.5, 0.6) is 0 Å². The number of rotatable bonds is 7. The van der Waals surface area contributed by atoms with Crippen molar-refractivity contribution in [2.75, 3.05) is 0 Å². The van der Waals surface area contributed by atoms with Crippen molar-refractivity contribution < 1.29 is 0 Å². The molecule has 3 heterocycles. The highest BCUT2D eigenvalue weighted by molar-refractivity contribution is 5.98. The molecule has 0 saturated heterocycles. The van der Waals surface area contributed by atoms with Gasteiger partial charge in [-0.1, -0.05) is 152 Å². The van der Waals surface area contributed by atoms with Gasteiger partial charge >= 0.3 is 0 Å². The summed E-state index contributed by atoms with van der Waals surface area (Å²) in [7, 11) is 0. The third kappa shape index (κ3) is 6.48. The lowest BCUT2D eigenvalue weighted by Crippen LogP contribution is -2.07. The van der Waals surface area contributed by atoms with Crippen LogP contribution in [0.4, 0.5) is 0 Å². The second kappa shape index (κ2) is 14.5. The number of pyridine rings is 2. The van der Waals surface area contributed by atoms with Crippen molar-refractivity contribution in [2.45, 2.75) is 12.3 Å². The average Bonchev–Trinajstić information content (AvgIpc) is 3.29. The Bertz CT molecular complexity index is 2800. The van der Waals surface area contributed by atoms with E-state index in [2.05, 4.69) is 162 Å². The molecule has 3 aromatic heterocycles. The van der Waals surface area contributed by atoms with Crippen LogP contribution >= 0.6 is 0 Å². The highest BCUT2D eigenvalue weighted by atomic mass is 14.9. The molecular weight excluding hydrogens is 681 g/mol. The van der Waals surface area contributed by atoms with Gasteiger partial charge in [0, 0.05) is 46.1 Å². The zero-order valence-corrected chi connectivity index (χ0v) is 30.6. The van der Waals surface area contributed by atoms with Crippen molar-refractivity contribution in [3.8, 4) is 45.0 Å². The normalized spacial score (nSPS) is 14.0. The van der Waals surface area contributed by atoms with Crippen LogP contribution in [0.2, 0.25) is 0 Å². The lowest BCUT2D eigenvalue weighted by atomic mass is 9.80. The van der Waals surface area contributed by atoms with E-state index in [0.717, 1.165) is 57.0 Å². The molecule has 1 unspecified atom stereocenters. The highest BCUT2D eigenvalue weighted by Crippen LogP contribution is 2.43. The average molecular weight is 717 g/mol. The largest absolute Gasteiger partial charge is 0.256 e. The first-order chi connectivity index (χ1) is 27.7. The van der Waals surface area contributed by atoms with Crippen molar-refractivity contribution in [3.05, 3.63) is 217 Å². The lowest BCUT2D eigenvalue weighted by Gasteiger charge is -2.24. The van der Waals surface area contributed by atoms with Crippen molar-refractivity contribution in [2.24, 2.45) is 0 Å². The van der Waals surface area contributed by atoms with Crippen LogP contribution < -0.4 is 0 Å². The number of aromatic nitrogens is 4. The molecule has 0 N–H and O–H groups in total. The number of allylic oxidation sites excluding steroid dienone is 4. The van der Waals surface area contributed by atoms with Gasteiger partial charge in [0.2, 0.25) is 0 Å². The number of hydrogen-bond acceptors (Lipinski definition) is 4. The van der Waals surface area contributed by atoms with E-state index in [1.54, 1.807) is 0 Å². The van der Waals surface area contributed by atoms with Crippen LogP contribution in [0.3, 0.4) is 0 Å². The third-order valence-electron chi connectivity index (χ3n) is 10.8. The SMILES string of the molecule is C1=C(c2nc(-c3ccc(-c4ccccn4)cc3)cc(-c3ccc(-c4ccccn4)cc3)n2)C=C(c2cccc3ccccc23)CC1c1cccc2ccccc12. The monoisotopic (exact) mass is 716 g/mol. The van der Waals surface area contributed by atoms with Crippen molar-refractivity contribution in [1.82, 2.24) is 19.9 Å². The van der Waals surface area contributed by atoms with Crippen LogP contribution in [0.1, 0.15) is 29.3 Å². The first-order valence-electron chi connectivity index (χ1n) is 19.0. The van der Waals surface area contributed by atoms with E-state index in [-0.39, 0.29) is 5.92 Å². The lowest BCUT2D eigenvalue weighted by molar-refractivity contribution is 0.877. The predicted molar refractivity (Wildman–Crippen MR) is 231 cm³/mol. The maximum absolute atomic E-state index is 5.35. The van der Waals surface area contributed by atoms with Crippen LogP contribution in [0.25, 0.3) is 77.7 Å². The Labute approximate surface area is 326 Å². The standard InChI is InChI=1S/C52H36N4/c1-3-15-44-35(11-1)13-9-17-46(44)41-31-42(47-18-10-14-36-12-2-4-16-45(36)47)33-43(32-41)52-55-50(39-25-21-37(22-26-39)48-19-5-7-29-53-48)34-51(56-52)40-27-23-38(24-28-40)49-20-6-8-30-54-49/h1-30,32-34,41H,31H2. The first-order valence-corrected chi connectivity index (χ1v) is 19.0. The molecule has 10 rings (SSSR count). The Morgan fingerprint density at radius 1 is 0.429 bits per heavy atom. The molecule has 0 radical (unpaired) electrons. The van der Waals surface area contributed by atoms with Gasteiger partial charge in [0.25, 0.3) is 0 Å². The molecule has 0 saturated carbocycles. The van der Waals surface area contributed by atoms with Gasteiger partial charge in [-0.2, -0.15) is 0 Å². The van der Waals surface area contributed by atoms with Gasteiger partial charge in [0.15, 0.2) is 5.82 Å². The zero-order valence-electron chi connectivity index (χ0n) is 30.6. The smallest absolute Gasteiger partial charge is 0.160 e. The van der Waals surface area contributed by atoms with Gasteiger partial charge in [0.05, 0.1) is 22.8 Å². The zero-order chi connectivity index (χ0) is 37.3. The molecule has 1 atom stereocenters. The van der Waals surface area contributed by atoms with Gasteiger partial charge in [-0.3, -0.25) is 9.97 Å². The van der Waals surface area contributed by atoms with Gasteiger partial charge in [-0.15, -0.1) is 0 Å². The van der Waals surface area contributed by atoms with E-state index in [1.807, 2.05) is 48.8 Å². The number of benzene rings is 6. The van der Waals surface area contributed by atoms with Gasteiger partial charge < -0.3 is 0 Å². The molecule has 4 nitrogen and oxygen atoms in total. The van der Waals surface area contributed by atoms with Gasteiger partial charge in [-0.05, 0) is 81.1 Å². The molecule has 0 spiro atoms. The van der Waals surface area contributed by atoms with Crippen LogP contribution in [0.15, 0.2) is 200 Å². The summed E-state index contributed by atoms with van der Waals surface area (Å²) < 4.78 is 0. The van der Waals surface area contributed by atoms with Crippen LogP contribution in [-0.2, 0) is 0 Å². The number of fused-ring (bicyclic) bond motifs is 2. The summed E-state index contributed by atoms with van der Waals surface area (Å²) in [5.41, 5.74) is 12.6. The Morgan fingerprint density at radius 3 is 1.52 bits per heavy atom. The van der Waals surface area contributed by atoms with Crippen molar-refractivity contribution in [1.29, 1.82) is 0 Å². The molecule has 0 bridgehead atoms. The topological polar surface area (TPSA) is 51.6 Å². The van der Waals surface area contributed by atoms with E-state index in [0.29, 0.717) is 5.82 Å². The Balaban J connectivity index is 1.15. The van der Waals surface area contributed by atoms with E-state index in [1.165, 1.54) is 38.2 Å². The van der Waals surface area contributed by atoms with Crippen molar-refractivity contribution in [3.63, 3.8) is 0 Å². The molecule has 0 fully saturated rings. The molecule has 56 heavy (non-hydrogen) atoms. The first kappa shape index (κ1) is 33.3. The van der Waals surface area contributed by atoms with Crippen molar-refractivity contribution >= 4 is 32.7 Å². The maximum atomic E-state index is 5.35. The molecule has 264 valence electrons. The molecule has 9 aromatic rings. The summed E-state index contributed by atoms with van der Waals surface area (Å²) >= 11 is 0. The predicted octanol–water partition coefficient (Wildman–Crippen LogP) is 12.9. The fourth-order valence-electron chi connectivity index (χ4n) is 7.98. The number of nitrogens with zero attached hydrogens (tertiary/aromatic N) is 4. The second-order valence-electron chi connectivity index (χ2n) is 14.2. The molecular formula is C52H36N4. The summed E-state index contributed by atoms with van der Waals surface area (Å²) in [5, 5.41) is 4.99. The second-order valence-corrected chi connectivity index (χ2v) is 14.2. The Hall–Kier alpha value is -7.30. The summed E-state index contributed by atoms with van der Waals surface area (Å²) in [6, 6.07) is 61.7. The Morgan fingerprint density at radius 2 is 0.929 bits per heavy atom. The summed E-state index contributed by atoms with van der Waals surface area (Å²) in [5.74, 6) is 0.809. The highest BCUT2D eigenvalue weighted by Gasteiger charge is 2.24. The summed E-state index contributed by atoms with van der Waals surface area (Å²) in [6.45, 7) is 0. The van der Waals surface area contributed by atoms with E-state index in [9.17, 15) is 0 Å². The summed E-state index contributed by atoms with van der Waals surface area (Å²) in [4.78, 5) is 19.8. The molecule has 4 heteroatoms. The number of hydrogen-bond donors (Lipinski definition) is 0.